The van der Waals surface area contributed by atoms with Gasteiger partial charge in [0.15, 0.2) is 5.76 Å². The van der Waals surface area contributed by atoms with Crippen molar-refractivity contribution in [3.05, 3.63) is 64.9 Å². The summed E-state index contributed by atoms with van der Waals surface area (Å²) in [6.45, 7) is 6.90. The molecule has 0 fully saturated rings. The lowest BCUT2D eigenvalue weighted by Crippen LogP contribution is -2.33. The first-order chi connectivity index (χ1) is 12.5. The second kappa shape index (κ2) is 7.44. The van der Waals surface area contributed by atoms with Crippen LogP contribution in [0, 0.1) is 6.92 Å². The predicted molar refractivity (Wildman–Crippen MR) is 99.5 cm³/mol. The van der Waals surface area contributed by atoms with Crippen molar-refractivity contribution in [3.63, 3.8) is 0 Å². The SMILES string of the molecule is CCN(CC)C(=O)Oc1ccc2c(c1)O/C(=C\c1cccc(C)c1)C2=O. The van der Waals surface area contributed by atoms with Gasteiger partial charge in [-0.1, -0.05) is 29.8 Å². The number of benzene rings is 2. The summed E-state index contributed by atoms with van der Waals surface area (Å²) >= 11 is 0. The molecule has 2 aromatic carbocycles. The van der Waals surface area contributed by atoms with E-state index in [1.165, 1.54) is 0 Å². The lowest BCUT2D eigenvalue weighted by Gasteiger charge is -2.17. The van der Waals surface area contributed by atoms with Gasteiger partial charge < -0.3 is 14.4 Å². The predicted octanol–water partition coefficient (Wildman–Crippen LogP) is 4.45. The fraction of sp³-hybridized carbons (Fsp3) is 0.238. The van der Waals surface area contributed by atoms with Crippen molar-refractivity contribution >= 4 is 18.0 Å². The molecule has 0 aromatic heterocycles. The van der Waals surface area contributed by atoms with Crippen LogP contribution >= 0.6 is 0 Å². The average Bonchev–Trinajstić information content (AvgIpc) is 2.91. The van der Waals surface area contributed by atoms with E-state index >= 15 is 0 Å². The summed E-state index contributed by atoms with van der Waals surface area (Å²) in [5.74, 6) is 0.838. The van der Waals surface area contributed by atoms with Gasteiger partial charge >= 0.3 is 6.09 Å². The van der Waals surface area contributed by atoms with Crippen LogP contribution in [0.5, 0.6) is 11.5 Å². The zero-order chi connectivity index (χ0) is 18.7. The molecule has 0 aliphatic carbocycles. The molecule has 134 valence electrons. The number of amides is 1. The molecule has 0 spiro atoms. The molecular weight excluding hydrogens is 330 g/mol. The Morgan fingerprint density at radius 1 is 1.15 bits per heavy atom. The van der Waals surface area contributed by atoms with Crippen LogP contribution in [0.15, 0.2) is 48.2 Å². The zero-order valence-corrected chi connectivity index (χ0v) is 15.1. The Morgan fingerprint density at radius 3 is 2.62 bits per heavy atom. The van der Waals surface area contributed by atoms with Crippen LogP contribution in [-0.2, 0) is 0 Å². The number of nitrogens with zero attached hydrogens (tertiary/aromatic N) is 1. The summed E-state index contributed by atoms with van der Waals surface area (Å²) in [4.78, 5) is 26.1. The summed E-state index contributed by atoms with van der Waals surface area (Å²) in [5, 5.41) is 0. The summed E-state index contributed by atoms with van der Waals surface area (Å²) < 4.78 is 11.1. The maximum Gasteiger partial charge on any atom is 0.415 e. The molecule has 1 aliphatic heterocycles. The standard InChI is InChI=1S/C21H21NO4/c1-4-22(5-2)21(24)25-16-9-10-17-18(13-16)26-19(20(17)23)12-15-8-6-7-14(3)11-15/h6-13H,4-5H2,1-3H3/b19-12-. The van der Waals surface area contributed by atoms with Crippen LogP contribution in [-0.4, -0.2) is 29.9 Å². The molecule has 5 heteroatoms. The normalized spacial score (nSPS) is 14.1. The highest BCUT2D eigenvalue weighted by Gasteiger charge is 2.28. The highest BCUT2D eigenvalue weighted by molar-refractivity contribution is 6.14. The number of allylic oxidation sites excluding steroid dienone is 1. The van der Waals surface area contributed by atoms with Gasteiger partial charge in [-0.25, -0.2) is 4.79 Å². The van der Waals surface area contributed by atoms with Crippen LogP contribution in [0.2, 0.25) is 0 Å². The summed E-state index contributed by atoms with van der Waals surface area (Å²) in [5.41, 5.74) is 2.47. The average molecular weight is 351 g/mol. The number of hydrogen-bond acceptors (Lipinski definition) is 4. The smallest absolute Gasteiger partial charge is 0.415 e. The molecule has 0 saturated carbocycles. The van der Waals surface area contributed by atoms with E-state index in [1.807, 2.05) is 45.0 Å². The van der Waals surface area contributed by atoms with Crippen molar-refractivity contribution < 1.29 is 19.1 Å². The Morgan fingerprint density at radius 2 is 1.92 bits per heavy atom. The van der Waals surface area contributed by atoms with E-state index in [2.05, 4.69) is 0 Å². The minimum atomic E-state index is -0.421. The van der Waals surface area contributed by atoms with Crippen LogP contribution in [0.25, 0.3) is 6.08 Å². The Hall–Kier alpha value is -3.08. The zero-order valence-electron chi connectivity index (χ0n) is 15.1. The fourth-order valence-electron chi connectivity index (χ4n) is 2.79. The second-order valence-electron chi connectivity index (χ2n) is 6.05. The van der Waals surface area contributed by atoms with Gasteiger partial charge in [0.1, 0.15) is 11.5 Å². The molecule has 26 heavy (non-hydrogen) atoms. The number of carbonyl (C=O) groups is 2. The first-order valence-electron chi connectivity index (χ1n) is 8.63. The van der Waals surface area contributed by atoms with Gasteiger partial charge in [0.05, 0.1) is 5.56 Å². The van der Waals surface area contributed by atoms with Crippen LogP contribution in [0.4, 0.5) is 4.79 Å². The molecule has 2 aromatic rings. The molecule has 3 rings (SSSR count). The summed E-state index contributed by atoms with van der Waals surface area (Å²) in [6.07, 6.45) is 1.30. The lowest BCUT2D eigenvalue weighted by molar-refractivity contribution is 0.101. The largest absolute Gasteiger partial charge is 0.452 e. The number of ketones is 1. The molecular formula is C21H21NO4. The third-order valence-electron chi connectivity index (χ3n) is 4.21. The Kier molecular flexibility index (Phi) is 5.07. The Balaban J connectivity index is 1.81. The van der Waals surface area contributed by atoms with E-state index in [1.54, 1.807) is 29.2 Å². The molecule has 0 bridgehead atoms. The number of rotatable bonds is 4. The molecule has 1 heterocycles. The van der Waals surface area contributed by atoms with Crippen molar-refractivity contribution in [1.82, 2.24) is 4.90 Å². The van der Waals surface area contributed by atoms with E-state index in [0.29, 0.717) is 30.2 Å². The fourth-order valence-corrected chi connectivity index (χ4v) is 2.79. The Labute approximate surface area is 152 Å². The Bertz CT molecular complexity index is 881. The number of carbonyl (C=O) groups excluding carboxylic acids is 2. The minimum Gasteiger partial charge on any atom is -0.452 e. The number of fused-ring (bicyclic) bond motifs is 1. The molecule has 0 unspecified atom stereocenters. The van der Waals surface area contributed by atoms with E-state index in [-0.39, 0.29) is 11.5 Å². The minimum absolute atomic E-state index is 0.178. The summed E-state index contributed by atoms with van der Waals surface area (Å²) in [6, 6.07) is 12.6. The molecule has 1 aliphatic rings. The van der Waals surface area contributed by atoms with Crippen LogP contribution in [0.3, 0.4) is 0 Å². The molecule has 1 amide bonds. The quantitative estimate of drug-likeness (QED) is 0.764. The number of Topliss-reactive ketones (excluding diaryl/α,β-unsaturated/α-hetero) is 1. The topological polar surface area (TPSA) is 55.8 Å². The van der Waals surface area contributed by atoms with Gasteiger partial charge in [-0.15, -0.1) is 0 Å². The highest BCUT2D eigenvalue weighted by Crippen LogP contribution is 2.35. The van der Waals surface area contributed by atoms with E-state index in [4.69, 9.17) is 9.47 Å². The van der Waals surface area contributed by atoms with Crippen molar-refractivity contribution in [2.45, 2.75) is 20.8 Å². The second-order valence-corrected chi connectivity index (χ2v) is 6.05. The molecule has 0 atom stereocenters. The van der Waals surface area contributed by atoms with Gasteiger partial charge in [-0.2, -0.15) is 0 Å². The first-order valence-corrected chi connectivity index (χ1v) is 8.63. The van der Waals surface area contributed by atoms with Gasteiger partial charge in [-0.05, 0) is 44.5 Å². The maximum atomic E-state index is 12.5. The number of hydrogen-bond donors (Lipinski definition) is 0. The van der Waals surface area contributed by atoms with Crippen LogP contribution < -0.4 is 9.47 Å². The van der Waals surface area contributed by atoms with Crippen molar-refractivity contribution in [1.29, 1.82) is 0 Å². The lowest BCUT2D eigenvalue weighted by atomic mass is 10.1. The molecule has 0 saturated heterocycles. The third-order valence-corrected chi connectivity index (χ3v) is 4.21. The summed E-state index contributed by atoms with van der Waals surface area (Å²) in [7, 11) is 0. The monoisotopic (exact) mass is 351 g/mol. The first kappa shape index (κ1) is 17.7. The number of ether oxygens (including phenoxy) is 2. The number of aryl methyl sites for hydroxylation is 1. The van der Waals surface area contributed by atoms with E-state index < -0.39 is 6.09 Å². The molecule has 5 nitrogen and oxygen atoms in total. The molecule has 0 radical (unpaired) electrons. The van der Waals surface area contributed by atoms with Crippen molar-refractivity contribution in [2.24, 2.45) is 0 Å². The van der Waals surface area contributed by atoms with Crippen LogP contribution in [0.1, 0.15) is 35.3 Å². The van der Waals surface area contributed by atoms with Gasteiger partial charge in [0.2, 0.25) is 5.78 Å². The van der Waals surface area contributed by atoms with Gasteiger partial charge in [0.25, 0.3) is 0 Å². The molecule has 0 N–H and O–H groups in total. The van der Waals surface area contributed by atoms with Gasteiger partial charge in [0, 0.05) is 19.2 Å². The highest BCUT2D eigenvalue weighted by atomic mass is 16.6. The van der Waals surface area contributed by atoms with Crippen molar-refractivity contribution in [2.75, 3.05) is 13.1 Å². The van der Waals surface area contributed by atoms with E-state index in [0.717, 1.165) is 11.1 Å². The van der Waals surface area contributed by atoms with Gasteiger partial charge in [-0.3, -0.25) is 4.79 Å². The third kappa shape index (κ3) is 3.61. The van der Waals surface area contributed by atoms with Crippen molar-refractivity contribution in [3.8, 4) is 11.5 Å². The van der Waals surface area contributed by atoms with E-state index in [9.17, 15) is 9.59 Å². The maximum absolute atomic E-state index is 12.5.